The third-order valence-electron chi connectivity index (χ3n) is 21.5. The second-order valence-electron chi connectivity index (χ2n) is 31.0. The predicted molar refractivity (Wildman–Crippen MR) is 499 cm³/mol. The SMILES string of the molecule is CCc1cc(-c2sc(-c3ccc4c(c3)C3(c5cc(-c6cc(C)c(-c7cc(C)c(-c8ccc([SiH2]C)s8)s7)s6)ccc5-c5ccc(-c6cc(C)c(-c7cc(C)c(-c8ccc([Si](C)(C)C)s8)s7)s6)cc53)c3cc(-c5cc(C)c(-c6cc(C)c(-c7ccc([SiH2]C)s7)s6)s5)ccc3-4)cc2C)sc1-c1ccc([Si](C)(C)C)s1. The fraction of sp³-hybridized carbons (Fsp3) is 0.200. The maximum atomic E-state index is 2.65. The minimum Gasteiger partial charge on any atom is -0.145 e. The summed E-state index contributed by atoms with van der Waals surface area (Å²) in [4.78, 5) is 27.6. The third kappa shape index (κ3) is 12.1. The summed E-state index contributed by atoms with van der Waals surface area (Å²) in [6.45, 7) is 38.3. The highest BCUT2D eigenvalue weighted by atomic mass is 32.1. The molecule has 4 aromatic carbocycles. The van der Waals surface area contributed by atoms with Crippen LogP contribution in [-0.4, -0.2) is 35.2 Å². The van der Waals surface area contributed by atoms with Gasteiger partial charge in [-0.05, 0) is 281 Å². The van der Waals surface area contributed by atoms with Gasteiger partial charge in [-0.15, -0.1) is 136 Å². The van der Waals surface area contributed by atoms with Crippen molar-refractivity contribution in [1.29, 1.82) is 0 Å². The van der Waals surface area contributed by atoms with Gasteiger partial charge in [0, 0.05) is 97.5 Å². The van der Waals surface area contributed by atoms with E-state index in [1.165, 1.54) is 209 Å². The summed E-state index contributed by atoms with van der Waals surface area (Å²) >= 11 is 23.9. The maximum Gasteiger partial charge on any atom is 0.0904 e. The lowest BCUT2D eigenvalue weighted by molar-refractivity contribution is 0.795. The summed E-state index contributed by atoms with van der Waals surface area (Å²) in [7, 11) is -3.33. The van der Waals surface area contributed by atoms with Crippen LogP contribution in [0, 0.1) is 48.5 Å². The monoisotopic (exact) mass is 1660 g/mol. The first kappa shape index (κ1) is 71.7. The lowest BCUT2D eigenvalue weighted by Gasteiger charge is -2.31. The second kappa shape index (κ2) is 27.3. The molecule has 0 saturated heterocycles. The number of thiophene rings is 12. The van der Waals surface area contributed by atoms with Crippen LogP contribution in [0.5, 0.6) is 0 Å². The number of fused-ring (bicyclic) bond motifs is 10. The molecule has 16 heteroatoms. The van der Waals surface area contributed by atoms with Crippen LogP contribution in [-0.2, 0) is 11.8 Å². The highest BCUT2D eigenvalue weighted by molar-refractivity contribution is 7.34. The number of benzene rings is 4. The quantitative estimate of drug-likeness (QED) is 0.0797. The van der Waals surface area contributed by atoms with Crippen LogP contribution in [0.15, 0.2) is 170 Å². The van der Waals surface area contributed by atoms with Crippen molar-refractivity contribution in [2.24, 2.45) is 0 Å². The molecule has 0 nitrogen and oxygen atoms in total. The molecule has 2 aliphatic carbocycles. The summed E-state index contributed by atoms with van der Waals surface area (Å²) in [6, 6.07) is 69.4. The Balaban J connectivity index is 0.827. The van der Waals surface area contributed by atoms with Crippen molar-refractivity contribution in [3.8, 4) is 142 Å². The topological polar surface area (TPSA) is 0 Å². The highest BCUT2D eigenvalue weighted by Crippen LogP contribution is 2.66. The molecular formula is C90H82S12Si4. The van der Waals surface area contributed by atoms with Gasteiger partial charge in [0.25, 0.3) is 0 Å². The summed E-state index contributed by atoms with van der Waals surface area (Å²) in [6.07, 6.45) is 1.02. The molecule has 12 aromatic heterocycles. The van der Waals surface area contributed by atoms with Gasteiger partial charge in [-0.1, -0.05) is 132 Å². The fourth-order valence-corrected chi connectivity index (χ4v) is 36.9. The molecule has 18 rings (SSSR count). The van der Waals surface area contributed by atoms with E-state index in [-0.39, 0.29) is 19.0 Å². The lowest BCUT2D eigenvalue weighted by Crippen LogP contribution is -2.34. The van der Waals surface area contributed by atoms with Crippen molar-refractivity contribution < 1.29 is 0 Å². The Bertz CT molecular complexity index is 6040. The zero-order chi connectivity index (χ0) is 73.3. The molecule has 1 spiro atoms. The molecule has 12 heterocycles. The van der Waals surface area contributed by atoms with Crippen LogP contribution in [0.3, 0.4) is 0 Å². The minimum atomic E-state index is -1.45. The Morgan fingerprint density at radius 1 is 0.264 bits per heavy atom. The molecule has 0 radical (unpaired) electrons. The largest absolute Gasteiger partial charge is 0.145 e. The minimum absolute atomic E-state index is 0.217. The van der Waals surface area contributed by atoms with Gasteiger partial charge in [0.2, 0.25) is 0 Å². The molecule has 2 aliphatic rings. The summed E-state index contributed by atoms with van der Waals surface area (Å²) < 4.78 is 6.30. The molecule has 0 N–H and O–H groups in total. The van der Waals surface area contributed by atoms with E-state index in [1.54, 1.807) is 18.0 Å². The summed E-state index contributed by atoms with van der Waals surface area (Å²) in [5, 5.41) is 0. The average molecular weight is 1660 g/mol. The molecule has 0 aliphatic heterocycles. The van der Waals surface area contributed by atoms with Crippen molar-refractivity contribution in [3.63, 3.8) is 0 Å². The van der Waals surface area contributed by atoms with E-state index in [0.717, 1.165) is 6.42 Å². The van der Waals surface area contributed by atoms with Crippen LogP contribution in [0.1, 0.15) is 73.7 Å². The molecule has 530 valence electrons. The van der Waals surface area contributed by atoms with E-state index >= 15 is 0 Å². The van der Waals surface area contributed by atoms with Gasteiger partial charge < -0.3 is 0 Å². The molecule has 0 amide bonds. The third-order valence-corrected chi connectivity index (χ3v) is 48.7. The number of aryl methyl sites for hydroxylation is 8. The van der Waals surface area contributed by atoms with Gasteiger partial charge in [-0.2, -0.15) is 0 Å². The van der Waals surface area contributed by atoms with E-state index in [9.17, 15) is 0 Å². The van der Waals surface area contributed by atoms with E-state index in [1.807, 2.05) is 136 Å². The van der Waals surface area contributed by atoms with Crippen LogP contribution in [0.2, 0.25) is 52.4 Å². The normalized spacial score (nSPS) is 14.2. The van der Waals surface area contributed by atoms with Crippen molar-refractivity contribution in [3.05, 3.63) is 237 Å². The van der Waals surface area contributed by atoms with Crippen LogP contribution >= 0.6 is 136 Å². The molecule has 0 bridgehead atoms. The predicted octanol–water partition coefficient (Wildman–Crippen LogP) is 28.3. The molecular weight excluding hydrogens is 1580 g/mol. The van der Waals surface area contributed by atoms with Crippen molar-refractivity contribution in [1.82, 2.24) is 0 Å². The van der Waals surface area contributed by atoms with Crippen molar-refractivity contribution in [2.45, 2.75) is 120 Å². The average Bonchev–Trinajstić information content (AvgIpc) is 1.50. The van der Waals surface area contributed by atoms with Gasteiger partial charge in [0.15, 0.2) is 0 Å². The van der Waals surface area contributed by atoms with Gasteiger partial charge in [0.05, 0.1) is 40.6 Å². The zero-order valence-corrected chi connectivity index (χ0v) is 77.3. The van der Waals surface area contributed by atoms with Crippen LogP contribution < -0.4 is 18.0 Å². The van der Waals surface area contributed by atoms with E-state index in [2.05, 4.69) is 278 Å². The van der Waals surface area contributed by atoms with Gasteiger partial charge in [-0.3, -0.25) is 0 Å². The Morgan fingerprint density at radius 3 is 0.802 bits per heavy atom. The molecule has 1 atom stereocenters. The fourth-order valence-electron chi connectivity index (χ4n) is 16.0. The number of hydrogen-bond donors (Lipinski definition) is 0. The Hall–Kier alpha value is -5.85. The molecule has 1 unspecified atom stereocenters. The van der Waals surface area contributed by atoms with Crippen molar-refractivity contribution in [2.75, 3.05) is 0 Å². The zero-order valence-electron chi connectivity index (χ0n) is 62.7. The number of rotatable bonds is 17. The smallest absolute Gasteiger partial charge is 0.0904 e. The summed E-state index contributed by atoms with van der Waals surface area (Å²) in [5.74, 6) is 0. The van der Waals surface area contributed by atoms with Gasteiger partial charge in [0.1, 0.15) is 0 Å². The first-order chi connectivity index (χ1) is 50.9. The first-order valence-corrected chi connectivity index (χ1v) is 57.8. The van der Waals surface area contributed by atoms with Crippen LogP contribution in [0.25, 0.3) is 142 Å². The lowest BCUT2D eigenvalue weighted by atomic mass is 9.69. The summed E-state index contributed by atoms with van der Waals surface area (Å²) in [5.41, 5.74) is 26.1. The highest BCUT2D eigenvalue weighted by Gasteiger charge is 2.53. The van der Waals surface area contributed by atoms with Crippen molar-refractivity contribution >= 4 is 189 Å². The molecule has 16 aromatic rings. The maximum absolute atomic E-state index is 2.65. The number of hydrogen-bond acceptors (Lipinski definition) is 12. The molecule has 106 heavy (non-hydrogen) atoms. The van der Waals surface area contributed by atoms with Gasteiger partial charge >= 0.3 is 0 Å². The van der Waals surface area contributed by atoms with Crippen LogP contribution in [0.4, 0.5) is 0 Å². The Labute approximate surface area is 679 Å². The van der Waals surface area contributed by atoms with E-state index < -0.39 is 21.6 Å². The molecule has 0 fully saturated rings. The van der Waals surface area contributed by atoms with E-state index in [0.29, 0.717) is 0 Å². The molecule has 0 saturated carbocycles. The van der Waals surface area contributed by atoms with E-state index in [4.69, 9.17) is 0 Å². The van der Waals surface area contributed by atoms with Gasteiger partial charge in [-0.25, -0.2) is 0 Å². The second-order valence-corrected chi connectivity index (χ2v) is 58.7. The Kier molecular flexibility index (Phi) is 18.5. The standard InChI is InChI=1S/C90H82S12Si4/c1-17-53-45-77(102-89(53)69-29-33-81(94-69)106(14,15)16)88-49(5)37-73(98-88)57-21-25-61-60-23-19-55(71-35-47(3)86(96-71)75-39-51(7)83(100-75)67-27-31-79(92-67)104-10)42-63(60)90(65(61)44-57)62-41-54(70-34-46(2)85(95-70)74-38-50(6)82(99-74)66-26-30-78(91-66)103-9)18-22-58(62)59-24-20-56(43-64(59)90)72-36-48(4)87(97-72)76-40-52(8)84(101-76)68-28-32-80(93-68)105(11,12)13/h18-45H,17,103-104H2,1-16H3. The first-order valence-electron chi connectivity index (χ1n) is 36.8. The Morgan fingerprint density at radius 2 is 0.519 bits per heavy atom.